The molecule has 2 aromatic rings. The van der Waals surface area contributed by atoms with Gasteiger partial charge >= 0.3 is 0 Å². The van der Waals surface area contributed by atoms with Gasteiger partial charge in [-0.05, 0) is 30.7 Å². The van der Waals surface area contributed by atoms with Gasteiger partial charge < -0.3 is 4.90 Å². The van der Waals surface area contributed by atoms with E-state index < -0.39 is 10.0 Å². The predicted molar refractivity (Wildman–Crippen MR) is 117 cm³/mol. The van der Waals surface area contributed by atoms with Crippen LogP contribution in [0.2, 0.25) is 0 Å². The molecule has 30 heavy (non-hydrogen) atoms. The van der Waals surface area contributed by atoms with Crippen molar-refractivity contribution in [1.82, 2.24) is 4.31 Å². The number of fused-ring (bicyclic) bond motifs is 1. The minimum absolute atomic E-state index is 0.0428. The van der Waals surface area contributed by atoms with Crippen molar-refractivity contribution in [3.63, 3.8) is 0 Å². The SMILES string of the molecule is CC(=O)c1ccc(S(=O)(=O)N(C)CC(=O)C=C2N(C)c3ccccc3C2(C)C)cc1. The number of nitrogens with zero attached hydrogens (tertiary/aromatic N) is 2. The van der Waals surface area contributed by atoms with Crippen LogP contribution in [0.5, 0.6) is 0 Å². The summed E-state index contributed by atoms with van der Waals surface area (Å²) in [5.74, 6) is -0.442. The largest absolute Gasteiger partial charge is 0.347 e. The third kappa shape index (κ3) is 3.82. The molecule has 0 spiro atoms. The molecule has 6 nitrogen and oxygen atoms in total. The zero-order valence-corrected chi connectivity index (χ0v) is 18.7. The Kier molecular flexibility index (Phi) is 5.71. The molecule has 3 rings (SSSR count). The molecule has 0 bridgehead atoms. The van der Waals surface area contributed by atoms with E-state index in [9.17, 15) is 18.0 Å². The third-order valence-corrected chi connectivity index (χ3v) is 7.40. The van der Waals surface area contributed by atoms with Crippen molar-refractivity contribution in [3.05, 3.63) is 71.4 Å². The number of likely N-dealkylation sites (N-methyl/N-ethyl adjacent to an activating group) is 2. The summed E-state index contributed by atoms with van der Waals surface area (Å²) in [4.78, 5) is 26.2. The molecule has 7 heteroatoms. The van der Waals surface area contributed by atoms with Crippen molar-refractivity contribution < 1.29 is 18.0 Å². The Balaban J connectivity index is 1.81. The van der Waals surface area contributed by atoms with Gasteiger partial charge in [0.05, 0.1) is 11.4 Å². The van der Waals surface area contributed by atoms with Crippen LogP contribution in [0, 0.1) is 0 Å². The number of anilines is 1. The van der Waals surface area contributed by atoms with Crippen LogP contribution in [-0.2, 0) is 20.2 Å². The first-order valence-corrected chi connectivity index (χ1v) is 11.1. The fourth-order valence-corrected chi connectivity index (χ4v) is 4.94. The van der Waals surface area contributed by atoms with E-state index in [1.54, 1.807) is 0 Å². The molecule has 1 aliphatic rings. The number of benzene rings is 2. The Bertz CT molecular complexity index is 1130. The van der Waals surface area contributed by atoms with Crippen molar-refractivity contribution in [2.24, 2.45) is 0 Å². The van der Waals surface area contributed by atoms with Gasteiger partial charge in [-0.2, -0.15) is 4.31 Å². The summed E-state index contributed by atoms with van der Waals surface area (Å²) in [5, 5.41) is 0. The topological polar surface area (TPSA) is 74.8 Å². The molecule has 0 radical (unpaired) electrons. The first-order valence-electron chi connectivity index (χ1n) is 9.62. The number of sulfonamides is 1. The lowest BCUT2D eigenvalue weighted by Crippen LogP contribution is -2.33. The highest BCUT2D eigenvalue weighted by Crippen LogP contribution is 2.46. The monoisotopic (exact) mass is 426 g/mol. The van der Waals surface area contributed by atoms with Crippen LogP contribution in [0.15, 0.2) is 65.2 Å². The van der Waals surface area contributed by atoms with Crippen molar-refractivity contribution >= 4 is 27.3 Å². The highest BCUT2D eigenvalue weighted by molar-refractivity contribution is 7.89. The number of para-hydroxylation sites is 1. The summed E-state index contributed by atoms with van der Waals surface area (Å²) in [6.07, 6.45) is 1.53. The normalized spacial score (nSPS) is 16.7. The maximum absolute atomic E-state index is 12.8. The number of carbonyl (C=O) groups is 2. The summed E-state index contributed by atoms with van der Waals surface area (Å²) in [5.41, 5.74) is 3.06. The van der Waals surface area contributed by atoms with Crippen LogP contribution < -0.4 is 4.90 Å². The average Bonchev–Trinajstić information content (AvgIpc) is 2.89. The molecule has 1 aliphatic heterocycles. The summed E-state index contributed by atoms with van der Waals surface area (Å²) in [6.45, 7) is 5.24. The molecular formula is C23H26N2O4S. The van der Waals surface area contributed by atoms with Crippen molar-refractivity contribution in [3.8, 4) is 0 Å². The Morgan fingerprint density at radius 2 is 1.67 bits per heavy atom. The number of Topliss-reactive ketones (excluding diaryl/α,β-unsaturated/α-hetero) is 1. The van der Waals surface area contributed by atoms with Gasteiger partial charge in [0.2, 0.25) is 10.0 Å². The van der Waals surface area contributed by atoms with Crippen LogP contribution in [-0.4, -0.2) is 44.9 Å². The Labute approximate surface area is 177 Å². The van der Waals surface area contributed by atoms with Gasteiger partial charge in [-0.25, -0.2) is 8.42 Å². The molecule has 0 amide bonds. The van der Waals surface area contributed by atoms with Gasteiger partial charge in [0.15, 0.2) is 11.6 Å². The molecule has 0 unspecified atom stereocenters. The lowest BCUT2D eigenvalue weighted by atomic mass is 9.83. The number of hydrogen-bond donors (Lipinski definition) is 0. The number of hydrogen-bond acceptors (Lipinski definition) is 5. The minimum Gasteiger partial charge on any atom is -0.347 e. The molecule has 0 aromatic heterocycles. The number of rotatable bonds is 6. The molecule has 2 aromatic carbocycles. The van der Waals surface area contributed by atoms with Gasteiger partial charge in [0.25, 0.3) is 0 Å². The van der Waals surface area contributed by atoms with Crippen LogP contribution in [0.3, 0.4) is 0 Å². The quantitative estimate of drug-likeness (QED) is 0.523. The van der Waals surface area contributed by atoms with E-state index in [0.29, 0.717) is 5.56 Å². The highest BCUT2D eigenvalue weighted by atomic mass is 32.2. The molecule has 0 fully saturated rings. The first kappa shape index (κ1) is 21.9. The fourth-order valence-electron chi connectivity index (χ4n) is 3.80. The Morgan fingerprint density at radius 1 is 1.07 bits per heavy atom. The fraction of sp³-hybridized carbons (Fsp3) is 0.304. The zero-order chi connectivity index (χ0) is 22.3. The molecule has 0 atom stereocenters. The first-order chi connectivity index (χ1) is 14.0. The molecular weight excluding hydrogens is 400 g/mol. The van der Waals surface area contributed by atoms with Gasteiger partial charge in [0.1, 0.15) is 0 Å². The molecule has 0 saturated carbocycles. The lowest BCUT2D eigenvalue weighted by molar-refractivity contribution is -0.114. The molecule has 0 N–H and O–H groups in total. The van der Waals surface area contributed by atoms with E-state index in [-0.39, 0.29) is 28.4 Å². The van der Waals surface area contributed by atoms with E-state index in [2.05, 4.69) is 0 Å². The highest BCUT2D eigenvalue weighted by Gasteiger charge is 2.38. The van der Waals surface area contributed by atoms with Crippen molar-refractivity contribution in [2.75, 3.05) is 25.5 Å². The summed E-state index contributed by atoms with van der Waals surface area (Å²) >= 11 is 0. The molecule has 1 heterocycles. The van der Waals surface area contributed by atoms with Gasteiger partial charge in [-0.1, -0.05) is 44.2 Å². The summed E-state index contributed by atoms with van der Waals surface area (Å²) in [6, 6.07) is 13.7. The van der Waals surface area contributed by atoms with Crippen LogP contribution in [0.1, 0.15) is 36.7 Å². The zero-order valence-electron chi connectivity index (χ0n) is 17.8. The number of ketones is 2. The smallest absolute Gasteiger partial charge is 0.243 e. The maximum atomic E-state index is 12.8. The summed E-state index contributed by atoms with van der Waals surface area (Å²) in [7, 11) is -0.563. The lowest BCUT2D eigenvalue weighted by Gasteiger charge is -2.24. The van der Waals surface area contributed by atoms with E-state index in [4.69, 9.17) is 0 Å². The second kappa shape index (κ2) is 7.81. The van der Waals surface area contributed by atoms with E-state index in [1.165, 1.54) is 44.3 Å². The number of carbonyl (C=O) groups excluding carboxylic acids is 2. The van der Waals surface area contributed by atoms with E-state index >= 15 is 0 Å². The standard InChI is InChI=1S/C23H26N2O4S/c1-16(26)17-10-12-19(13-11-17)30(28,29)24(4)15-18(27)14-22-23(2,3)20-8-6-7-9-21(20)25(22)5/h6-14H,15H2,1-5H3. The van der Waals surface area contributed by atoms with Crippen molar-refractivity contribution in [1.29, 1.82) is 0 Å². The van der Waals surface area contributed by atoms with Gasteiger partial charge in [-0.15, -0.1) is 0 Å². The maximum Gasteiger partial charge on any atom is 0.243 e. The Hall–Kier alpha value is -2.77. The Morgan fingerprint density at radius 3 is 2.23 bits per heavy atom. The third-order valence-electron chi connectivity index (χ3n) is 5.59. The van der Waals surface area contributed by atoms with E-state index in [1.807, 2.05) is 50.1 Å². The van der Waals surface area contributed by atoms with Gasteiger partial charge in [0, 0.05) is 42.5 Å². The molecule has 0 saturated heterocycles. The summed E-state index contributed by atoms with van der Waals surface area (Å²) < 4.78 is 26.7. The van der Waals surface area contributed by atoms with Crippen molar-refractivity contribution in [2.45, 2.75) is 31.1 Å². The van der Waals surface area contributed by atoms with Crippen LogP contribution in [0.4, 0.5) is 5.69 Å². The van der Waals surface area contributed by atoms with Crippen LogP contribution in [0.25, 0.3) is 0 Å². The molecule has 0 aliphatic carbocycles. The number of allylic oxidation sites excluding steroid dienone is 1. The molecule has 158 valence electrons. The second-order valence-corrected chi connectivity index (χ2v) is 10.1. The van der Waals surface area contributed by atoms with Crippen LogP contribution >= 0.6 is 0 Å². The second-order valence-electron chi connectivity index (χ2n) is 8.04. The van der Waals surface area contributed by atoms with E-state index in [0.717, 1.165) is 21.3 Å². The predicted octanol–water partition coefficient (Wildman–Crippen LogP) is 3.39. The minimum atomic E-state index is -3.85. The average molecular weight is 427 g/mol. The van der Waals surface area contributed by atoms with Gasteiger partial charge in [-0.3, -0.25) is 9.59 Å².